The topological polar surface area (TPSA) is 43.6 Å². The van der Waals surface area contributed by atoms with Gasteiger partial charge in [-0.2, -0.15) is 0 Å². The van der Waals surface area contributed by atoms with Gasteiger partial charge in [-0.15, -0.1) is 0 Å². The summed E-state index contributed by atoms with van der Waals surface area (Å²) in [4.78, 5) is 16.1. The molecule has 0 aliphatic heterocycles. The monoisotopic (exact) mass is 1050 g/mol. The lowest BCUT2D eigenvalue weighted by atomic mass is 9.67. The largest absolute Gasteiger partial charge is 0.309 e. The minimum atomic E-state index is -2.87. The van der Waals surface area contributed by atoms with Crippen molar-refractivity contribution < 1.29 is 0 Å². The fourth-order valence-corrected chi connectivity index (χ4v) is 18.0. The molecule has 14 aromatic rings. The van der Waals surface area contributed by atoms with Crippen molar-refractivity contribution in [1.82, 2.24) is 19.5 Å². The van der Waals surface area contributed by atoms with Crippen LogP contribution in [0.5, 0.6) is 0 Å². The van der Waals surface area contributed by atoms with Gasteiger partial charge in [-0.25, -0.2) is 15.0 Å². The van der Waals surface area contributed by atoms with Gasteiger partial charge in [0.05, 0.1) is 16.4 Å². The average molecular weight is 1050 g/mol. The number of rotatable bonds is 11. The van der Waals surface area contributed by atoms with Gasteiger partial charge in [0.25, 0.3) is 0 Å². The van der Waals surface area contributed by atoms with E-state index in [0.717, 1.165) is 33.4 Å². The van der Waals surface area contributed by atoms with E-state index in [1.54, 1.807) is 0 Å². The van der Waals surface area contributed by atoms with Gasteiger partial charge in [0.15, 0.2) is 25.5 Å². The molecule has 1 aliphatic carbocycles. The number of hydrogen-bond acceptors (Lipinski definition) is 3. The third-order valence-corrected chi connectivity index (χ3v) is 21.4. The lowest BCUT2D eigenvalue weighted by Gasteiger charge is -2.34. The second-order valence-electron chi connectivity index (χ2n) is 21.0. The molecule has 0 saturated heterocycles. The third-order valence-electron chi connectivity index (χ3n) is 16.7. The van der Waals surface area contributed by atoms with Gasteiger partial charge in [0, 0.05) is 33.2 Å². The van der Waals surface area contributed by atoms with Crippen molar-refractivity contribution >= 4 is 50.6 Å². The molecular weight excluding hydrogens is 997 g/mol. The van der Waals surface area contributed by atoms with E-state index in [1.165, 1.54) is 76.0 Å². The number of fused-ring (bicyclic) bond motifs is 7. The van der Waals surface area contributed by atoms with Crippen LogP contribution in [0.4, 0.5) is 0 Å². The molecule has 2 heterocycles. The molecule has 380 valence electrons. The van der Waals surface area contributed by atoms with Crippen molar-refractivity contribution in [3.8, 4) is 62.1 Å². The van der Waals surface area contributed by atoms with Crippen molar-refractivity contribution in [2.24, 2.45) is 0 Å². The third kappa shape index (κ3) is 7.77. The first-order valence-electron chi connectivity index (χ1n) is 27.8. The normalized spacial score (nSPS) is 12.5. The first-order chi connectivity index (χ1) is 40.2. The molecule has 0 bridgehead atoms. The molecule has 81 heavy (non-hydrogen) atoms. The summed E-state index contributed by atoms with van der Waals surface area (Å²) >= 11 is 0. The van der Waals surface area contributed by atoms with E-state index in [2.05, 4.69) is 302 Å². The van der Waals surface area contributed by atoms with Crippen LogP contribution in [0.1, 0.15) is 22.3 Å². The molecule has 0 unspecified atom stereocenters. The summed E-state index contributed by atoms with van der Waals surface area (Å²) in [7, 11) is -2.87. The number of benzene rings is 12. The lowest BCUT2D eigenvalue weighted by Crippen LogP contribution is -2.74. The van der Waals surface area contributed by atoms with E-state index in [1.807, 2.05) is 18.2 Å². The molecule has 0 amide bonds. The smallest absolute Gasteiger partial charge is 0.179 e. The molecule has 12 aromatic carbocycles. The molecule has 2 aromatic heterocycles. The molecule has 4 nitrogen and oxygen atoms in total. The second kappa shape index (κ2) is 19.8. The maximum Gasteiger partial charge on any atom is 0.179 e. The van der Waals surface area contributed by atoms with Crippen LogP contribution in [0, 0.1) is 0 Å². The minimum absolute atomic E-state index is 0.547. The highest BCUT2D eigenvalue weighted by molar-refractivity contribution is 7.19. The summed E-state index contributed by atoms with van der Waals surface area (Å²) in [6, 6.07) is 115. The molecule has 0 radical (unpaired) electrons. The van der Waals surface area contributed by atoms with E-state index >= 15 is 0 Å². The lowest BCUT2D eigenvalue weighted by molar-refractivity contribution is 0.769. The summed E-state index contributed by atoms with van der Waals surface area (Å²) in [5.74, 6) is 1.83. The highest BCUT2D eigenvalue weighted by Gasteiger charge is 2.47. The van der Waals surface area contributed by atoms with Gasteiger partial charge in [-0.05, 0) is 95.6 Å². The first kappa shape index (κ1) is 47.8. The predicted octanol–water partition coefficient (Wildman–Crippen LogP) is 15.4. The van der Waals surface area contributed by atoms with E-state index in [-0.39, 0.29) is 0 Å². The van der Waals surface area contributed by atoms with Crippen molar-refractivity contribution in [2.75, 3.05) is 0 Å². The molecule has 15 rings (SSSR count). The van der Waals surface area contributed by atoms with Crippen LogP contribution in [-0.2, 0) is 5.41 Å². The molecule has 0 N–H and O–H groups in total. The Kier molecular flexibility index (Phi) is 11.7. The van der Waals surface area contributed by atoms with Crippen LogP contribution < -0.4 is 20.7 Å². The van der Waals surface area contributed by atoms with Crippen LogP contribution in [-0.4, -0.2) is 27.6 Å². The van der Waals surface area contributed by atoms with E-state index in [4.69, 9.17) is 15.0 Å². The Morgan fingerprint density at radius 1 is 0.296 bits per heavy atom. The highest BCUT2D eigenvalue weighted by atomic mass is 28.3. The van der Waals surface area contributed by atoms with Crippen molar-refractivity contribution in [3.63, 3.8) is 0 Å². The van der Waals surface area contributed by atoms with Crippen LogP contribution in [0.3, 0.4) is 0 Å². The van der Waals surface area contributed by atoms with Gasteiger partial charge in [-0.1, -0.05) is 285 Å². The Balaban J connectivity index is 0.947. The molecule has 0 saturated carbocycles. The van der Waals surface area contributed by atoms with Crippen molar-refractivity contribution in [1.29, 1.82) is 0 Å². The zero-order valence-electron chi connectivity index (χ0n) is 44.3. The van der Waals surface area contributed by atoms with E-state index in [9.17, 15) is 0 Å². The van der Waals surface area contributed by atoms with Gasteiger partial charge in [0.1, 0.15) is 0 Å². The maximum atomic E-state index is 5.46. The van der Waals surface area contributed by atoms with E-state index < -0.39 is 13.5 Å². The van der Waals surface area contributed by atoms with Crippen LogP contribution in [0.25, 0.3) is 83.9 Å². The quantitative estimate of drug-likeness (QED) is 0.0958. The van der Waals surface area contributed by atoms with Gasteiger partial charge in [0.2, 0.25) is 0 Å². The summed E-state index contributed by atoms with van der Waals surface area (Å²) < 4.78 is 2.45. The van der Waals surface area contributed by atoms with Crippen molar-refractivity contribution in [3.05, 3.63) is 338 Å². The SMILES string of the molecule is c1ccc(-c2ccc3c(c2)c2c4c(ccc2n3-c2cccc(-c3nc(-c5ccccc5)nc(-c5cccc([Si](c6ccccc6)(c6ccccc6)c6ccccc6)c5)n3)c2)C(c2ccccc2)(c2ccccc2)c2ccccc2-4)cc1. The molecule has 0 atom stereocenters. The maximum absolute atomic E-state index is 5.46. The Morgan fingerprint density at radius 2 is 0.741 bits per heavy atom. The number of aromatic nitrogens is 4. The van der Waals surface area contributed by atoms with Crippen LogP contribution in [0.15, 0.2) is 315 Å². The zero-order valence-corrected chi connectivity index (χ0v) is 45.3. The molecule has 0 spiro atoms. The average Bonchev–Trinajstić information content (AvgIpc) is 2.30. The van der Waals surface area contributed by atoms with E-state index in [0.29, 0.717) is 17.5 Å². The summed E-state index contributed by atoms with van der Waals surface area (Å²) in [5, 5.41) is 7.58. The summed E-state index contributed by atoms with van der Waals surface area (Å²) in [5.41, 5.74) is 15.3. The Hall–Kier alpha value is -10.3. The van der Waals surface area contributed by atoms with Crippen LogP contribution >= 0.6 is 0 Å². The fourth-order valence-electron chi connectivity index (χ4n) is 13.2. The predicted molar refractivity (Wildman–Crippen MR) is 337 cm³/mol. The van der Waals surface area contributed by atoms with Gasteiger partial charge >= 0.3 is 0 Å². The molecular formula is C76H52N4Si. The minimum Gasteiger partial charge on any atom is -0.309 e. The zero-order chi connectivity index (χ0) is 53.7. The molecule has 1 aliphatic rings. The Bertz CT molecular complexity index is 4470. The summed E-state index contributed by atoms with van der Waals surface area (Å²) in [6.45, 7) is 0. The number of hydrogen-bond donors (Lipinski definition) is 0. The van der Waals surface area contributed by atoms with Gasteiger partial charge in [-0.3, -0.25) is 0 Å². The standard InChI is InChI=1S/C76H52N4Si/c1-8-26-53(27-9-1)55-46-48-69-66(52-55)72-70(49-47-68-71(72)65-44-22-23-45-67(65)76(68,58-32-12-3-13-33-58)59-34-14-4-15-35-59)80(69)60-36-24-30-56(50-60)74-77-73(54-28-10-2-11-29-54)78-75(79-74)57-31-25-43-64(51-57)81(61-37-16-5-17-38-61,62-39-18-6-19-40-62)63-41-20-7-21-42-63/h1-52H. The number of nitrogens with zero attached hydrogens (tertiary/aromatic N) is 4. The highest BCUT2D eigenvalue weighted by Crippen LogP contribution is 2.59. The Labute approximate surface area is 472 Å². The fraction of sp³-hybridized carbons (Fsp3) is 0.0132. The molecule has 5 heteroatoms. The summed E-state index contributed by atoms with van der Waals surface area (Å²) in [6.07, 6.45) is 0. The first-order valence-corrected chi connectivity index (χ1v) is 29.8. The van der Waals surface area contributed by atoms with Gasteiger partial charge < -0.3 is 4.57 Å². The Morgan fingerprint density at radius 3 is 1.32 bits per heavy atom. The second-order valence-corrected chi connectivity index (χ2v) is 24.8. The molecule has 0 fully saturated rings. The van der Waals surface area contributed by atoms with Crippen molar-refractivity contribution in [2.45, 2.75) is 5.41 Å². The van der Waals surface area contributed by atoms with Crippen LogP contribution in [0.2, 0.25) is 0 Å².